The minimum Gasteiger partial charge on any atom is -0.341 e. The smallest absolute Gasteiger partial charge is 0.341 e. The molecule has 0 radical (unpaired) electrons. The molecule has 1 fully saturated rings. The zero-order valence-corrected chi connectivity index (χ0v) is 10.7. The summed E-state index contributed by atoms with van der Waals surface area (Å²) >= 11 is 0. The number of rotatable bonds is 1. The number of likely N-dealkylation sites (tertiary alicyclic amines) is 1. The molecule has 1 unspecified atom stereocenters. The third-order valence-corrected chi connectivity index (χ3v) is 2.72. The van der Waals surface area contributed by atoms with Crippen LogP contribution in [0, 0.1) is 5.92 Å². The van der Waals surface area contributed by atoms with Crippen LogP contribution in [-0.4, -0.2) is 35.6 Å². The lowest BCUT2D eigenvalue weighted by Crippen LogP contribution is -2.55. The maximum atomic E-state index is 12.5. The predicted molar refractivity (Wildman–Crippen MR) is 60.9 cm³/mol. The van der Waals surface area contributed by atoms with Gasteiger partial charge in [0, 0.05) is 13.1 Å². The van der Waals surface area contributed by atoms with E-state index >= 15 is 0 Å². The Morgan fingerprint density at radius 1 is 1.35 bits per heavy atom. The lowest BCUT2D eigenvalue weighted by molar-refractivity contribution is -0.188. The van der Waals surface area contributed by atoms with Crippen molar-refractivity contribution in [2.75, 3.05) is 13.1 Å². The lowest BCUT2D eigenvalue weighted by Gasteiger charge is -2.36. The molecular formula is C10H18ClF3N2O. The lowest BCUT2D eigenvalue weighted by atomic mass is 9.95. The molecule has 0 bridgehead atoms. The number of halogens is 4. The van der Waals surface area contributed by atoms with Crippen LogP contribution in [0.1, 0.15) is 26.7 Å². The molecular weight excluding hydrogens is 257 g/mol. The molecule has 1 amide bonds. The number of nitrogens with zero attached hydrogens (tertiary/aromatic N) is 1. The fourth-order valence-corrected chi connectivity index (χ4v) is 1.84. The molecule has 0 aliphatic carbocycles. The van der Waals surface area contributed by atoms with Gasteiger partial charge in [-0.15, -0.1) is 12.4 Å². The Kier molecular flexibility index (Phi) is 5.28. The first-order valence-electron chi connectivity index (χ1n) is 5.27. The highest BCUT2D eigenvalue weighted by Crippen LogP contribution is 2.33. The van der Waals surface area contributed by atoms with E-state index in [0.717, 1.165) is 0 Å². The van der Waals surface area contributed by atoms with E-state index in [9.17, 15) is 18.0 Å². The van der Waals surface area contributed by atoms with Gasteiger partial charge in [0.25, 0.3) is 0 Å². The van der Waals surface area contributed by atoms with Gasteiger partial charge in [0.2, 0.25) is 5.91 Å². The van der Waals surface area contributed by atoms with Crippen molar-refractivity contribution in [3.63, 3.8) is 0 Å². The van der Waals surface area contributed by atoms with Gasteiger partial charge in [-0.05, 0) is 26.7 Å². The van der Waals surface area contributed by atoms with E-state index in [4.69, 9.17) is 5.73 Å². The van der Waals surface area contributed by atoms with Crippen LogP contribution in [0.25, 0.3) is 0 Å². The molecule has 7 heteroatoms. The van der Waals surface area contributed by atoms with Gasteiger partial charge >= 0.3 is 6.18 Å². The van der Waals surface area contributed by atoms with Gasteiger partial charge in [0.15, 0.2) is 0 Å². The van der Waals surface area contributed by atoms with Gasteiger partial charge in [-0.3, -0.25) is 4.79 Å². The molecule has 2 N–H and O–H groups in total. The van der Waals surface area contributed by atoms with Crippen LogP contribution in [-0.2, 0) is 4.79 Å². The number of carbonyl (C=O) groups excluding carboxylic acids is 1. The minimum absolute atomic E-state index is 0. The van der Waals surface area contributed by atoms with Gasteiger partial charge in [-0.1, -0.05) is 0 Å². The summed E-state index contributed by atoms with van der Waals surface area (Å²) in [6.07, 6.45) is -3.75. The Labute approximate surface area is 105 Å². The van der Waals surface area contributed by atoms with Crippen molar-refractivity contribution < 1.29 is 18.0 Å². The number of hydrogen-bond acceptors (Lipinski definition) is 2. The topological polar surface area (TPSA) is 46.3 Å². The van der Waals surface area contributed by atoms with Crippen molar-refractivity contribution >= 4 is 18.3 Å². The van der Waals surface area contributed by atoms with E-state index in [0.29, 0.717) is 13.0 Å². The molecule has 0 aromatic heterocycles. The number of nitrogens with two attached hydrogens (primary N) is 1. The summed E-state index contributed by atoms with van der Waals surface area (Å²) in [5, 5.41) is 0. The van der Waals surface area contributed by atoms with Crippen molar-refractivity contribution in [2.45, 2.75) is 38.4 Å². The van der Waals surface area contributed by atoms with Crippen LogP contribution >= 0.6 is 12.4 Å². The van der Waals surface area contributed by atoms with Crippen molar-refractivity contribution in [1.82, 2.24) is 4.90 Å². The second-order valence-electron chi connectivity index (χ2n) is 4.85. The van der Waals surface area contributed by atoms with Crippen LogP contribution in [0.3, 0.4) is 0 Å². The van der Waals surface area contributed by atoms with E-state index in [2.05, 4.69) is 0 Å². The summed E-state index contributed by atoms with van der Waals surface area (Å²) < 4.78 is 37.5. The minimum atomic E-state index is -4.22. The molecule has 1 aliphatic heterocycles. The summed E-state index contributed by atoms with van der Waals surface area (Å²) in [5.41, 5.74) is 4.49. The van der Waals surface area contributed by atoms with Gasteiger partial charge in [-0.2, -0.15) is 13.2 Å². The first-order valence-corrected chi connectivity index (χ1v) is 5.27. The summed E-state index contributed by atoms with van der Waals surface area (Å²) in [7, 11) is 0. The Hall–Kier alpha value is -0.490. The zero-order chi connectivity index (χ0) is 12.6. The van der Waals surface area contributed by atoms with Crippen molar-refractivity contribution in [3.05, 3.63) is 0 Å². The molecule has 0 aromatic carbocycles. The van der Waals surface area contributed by atoms with Crippen molar-refractivity contribution in [3.8, 4) is 0 Å². The summed E-state index contributed by atoms with van der Waals surface area (Å²) in [6, 6.07) is 0. The predicted octanol–water partition coefficient (Wildman–Crippen LogP) is 1.95. The molecule has 3 nitrogen and oxygen atoms in total. The van der Waals surface area contributed by atoms with Crippen molar-refractivity contribution in [2.24, 2.45) is 11.7 Å². The standard InChI is InChI=1S/C10H17F3N2O.ClH/c1-9(2,14)8(16)15-5-3-4-7(6-15)10(11,12)13;/h7H,3-6,14H2,1-2H3;1H. The molecule has 1 rings (SSSR count). The Morgan fingerprint density at radius 2 is 1.88 bits per heavy atom. The van der Waals surface area contributed by atoms with E-state index in [1.807, 2.05) is 0 Å². The number of carbonyl (C=O) groups is 1. The van der Waals surface area contributed by atoms with Crippen LogP contribution in [0.4, 0.5) is 13.2 Å². The Morgan fingerprint density at radius 3 is 2.29 bits per heavy atom. The van der Waals surface area contributed by atoms with E-state index < -0.39 is 23.5 Å². The molecule has 1 heterocycles. The average molecular weight is 275 g/mol. The first kappa shape index (κ1) is 16.5. The monoisotopic (exact) mass is 274 g/mol. The summed E-state index contributed by atoms with van der Waals surface area (Å²) in [6.45, 7) is 3.12. The van der Waals surface area contributed by atoms with Crippen LogP contribution in [0.2, 0.25) is 0 Å². The normalized spacial score (nSPS) is 22.0. The van der Waals surface area contributed by atoms with Crippen LogP contribution in [0.5, 0.6) is 0 Å². The quantitative estimate of drug-likeness (QED) is 0.794. The molecule has 0 aromatic rings. The zero-order valence-electron chi connectivity index (χ0n) is 9.88. The number of hydrogen-bond donors (Lipinski definition) is 1. The fraction of sp³-hybridized carbons (Fsp3) is 0.900. The van der Waals surface area contributed by atoms with E-state index in [1.165, 1.54) is 18.7 Å². The Bertz CT molecular complexity index is 276. The number of amides is 1. The van der Waals surface area contributed by atoms with Crippen LogP contribution < -0.4 is 5.73 Å². The van der Waals surface area contributed by atoms with Crippen molar-refractivity contribution in [1.29, 1.82) is 0 Å². The first-order chi connectivity index (χ1) is 7.12. The second kappa shape index (κ2) is 5.44. The molecule has 0 saturated carbocycles. The van der Waals surface area contributed by atoms with Crippen LogP contribution in [0.15, 0.2) is 0 Å². The molecule has 102 valence electrons. The van der Waals surface area contributed by atoms with Gasteiger partial charge < -0.3 is 10.6 Å². The molecule has 1 saturated heterocycles. The highest BCUT2D eigenvalue weighted by Gasteiger charge is 2.43. The molecule has 1 atom stereocenters. The highest BCUT2D eigenvalue weighted by atomic mass is 35.5. The molecule has 17 heavy (non-hydrogen) atoms. The fourth-order valence-electron chi connectivity index (χ4n) is 1.84. The van der Waals surface area contributed by atoms with E-state index in [1.54, 1.807) is 0 Å². The van der Waals surface area contributed by atoms with E-state index in [-0.39, 0.29) is 25.4 Å². The average Bonchev–Trinajstić information content (AvgIpc) is 2.14. The number of alkyl halides is 3. The second-order valence-corrected chi connectivity index (χ2v) is 4.85. The SMILES string of the molecule is CC(C)(N)C(=O)N1CCCC(C(F)(F)F)C1.Cl. The Balaban J connectivity index is 0.00000256. The largest absolute Gasteiger partial charge is 0.393 e. The van der Waals surface area contributed by atoms with Gasteiger partial charge in [0.05, 0.1) is 11.5 Å². The highest BCUT2D eigenvalue weighted by molar-refractivity contribution is 5.85. The maximum Gasteiger partial charge on any atom is 0.393 e. The third-order valence-electron chi connectivity index (χ3n) is 2.72. The molecule has 1 aliphatic rings. The summed E-state index contributed by atoms with van der Waals surface area (Å²) in [5.74, 6) is -1.83. The van der Waals surface area contributed by atoms with Gasteiger partial charge in [-0.25, -0.2) is 0 Å². The summed E-state index contributed by atoms with van der Waals surface area (Å²) in [4.78, 5) is 12.9. The maximum absolute atomic E-state index is 12.5. The number of piperidine rings is 1. The van der Waals surface area contributed by atoms with Gasteiger partial charge in [0.1, 0.15) is 0 Å². The molecule has 0 spiro atoms. The third kappa shape index (κ3) is 4.35.